The molecule has 1 fully saturated rings. The number of aliphatic hydroxyl groups is 1. The van der Waals surface area contributed by atoms with Crippen LogP contribution < -0.4 is 5.73 Å². The topological polar surface area (TPSA) is 73.3 Å². The minimum Gasteiger partial charge on any atom is -0.396 e. The highest BCUT2D eigenvalue weighted by Gasteiger charge is 2.28. The number of piperidine rings is 1. The molecule has 15 heavy (non-hydrogen) atoms. The molecular weight excluding hydrogens is 190 g/mol. The fraction of sp³-hybridized carbons (Fsp3) is 0.909. The molecule has 0 aliphatic carbocycles. The summed E-state index contributed by atoms with van der Waals surface area (Å²) in [5, 5.41) is 16.6. The van der Waals surface area contributed by atoms with Crippen molar-refractivity contribution < 1.29 is 5.11 Å². The second-order valence-corrected chi connectivity index (χ2v) is 4.28. The van der Waals surface area contributed by atoms with Gasteiger partial charge < -0.3 is 10.8 Å². The quantitative estimate of drug-likeness (QED) is 0.470. The van der Waals surface area contributed by atoms with E-state index < -0.39 is 0 Å². The number of nitrogens with two attached hydrogens (primary N) is 1. The second kappa shape index (κ2) is 6.08. The zero-order valence-electron chi connectivity index (χ0n) is 9.58. The molecule has 0 spiro atoms. The molecule has 1 saturated heterocycles. The summed E-state index contributed by atoms with van der Waals surface area (Å²) in [5.41, 5.74) is 5.62. The Bertz CT molecular complexity index is 206. The van der Waals surface area contributed by atoms with Crippen LogP contribution in [-0.2, 0) is 0 Å². The molecule has 4 nitrogen and oxygen atoms in total. The minimum atomic E-state index is 0.0712. The molecule has 0 bridgehead atoms. The molecule has 0 radical (unpaired) electrons. The van der Waals surface area contributed by atoms with Crippen molar-refractivity contribution in [3.63, 3.8) is 0 Å². The van der Waals surface area contributed by atoms with Crippen LogP contribution in [0.2, 0.25) is 0 Å². The highest BCUT2D eigenvalue weighted by Crippen LogP contribution is 2.23. The minimum absolute atomic E-state index is 0.0712. The molecule has 1 rings (SSSR count). The van der Waals surface area contributed by atoms with E-state index in [1.807, 2.05) is 0 Å². The molecular formula is C11H23N3O. The molecule has 1 heterocycles. The van der Waals surface area contributed by atoms with E-state index >= 15 is 0 Å². The molecule has 4 heteroatoms. The predicted molar refractivity (Wildman–Crippen MR) is 62.0 cm³/mol. The monoisotopic (exact) mass is 213 g/mol. The van der Waals surface area contributed by atoms with E-state index in [0.717, 1.165) is 25.8 Å². The van der Waals surface area contributed by atoms with Crippen LogP contribution in [0, 0.1) is 5.41 Å². The average molecular weight is 213 g/mol. The average Bonchev–Trinajstić information content (AvgIpc) is 2.21. The van der Waals surface area contributed by atoms with Gasteiger partial charge in [0, 0.05) is 12.6 Å². The molecule has 2 atom stereocenters. The third-order valence-corrected chi connectivity index (χ3v) is 3.28. The molecule has 0 aromatic carbocycles. The number of aliphatic hydroxyl groups excluding tert-OH is 1. The first kappa shape index (κ1) is 12.5. The van der Waals surface area contributed by atoms with Crippen molar-refractivity contribution in [2.75, 3.05) is 13.2 Å². The molecule has 4 N–H and O–H groups in total. The number of likely N-dealkylation sites (tertiary alicyclic amines) is 1. The highest BCUT2D eigenvalue weighted by atomic mass is 16.3. The Balaban J connectivity index is 2.64. The smallest absolute Gasteiger partial charge is 0.108 e. The summed E-state index contributed by atoms with van der Waals surface area (Å²) in [6.07, 6.45) is 5.24. The van der Waals surface area contributed by atoms with Gasteiger partial charge in [-0.25, -0.2) is 0 Å². The summed E-state index contributed by atoms with van der Waals surface area (Å²) in [7, 11) is 0. The van der Waals surface area contributed by atoms with Crippen LogP contribution in [0.1, 0.15) is 39.0 Å². The van der Waals surface area contributed by atoms with Gasteiger partial charge in [0.1, 0.15) is 5.84 Å². The Morgan fingerprint density at radius 2 is 2.33 bits per heavy atom. The number of amidine groups is 1. The van der Waals surface area contributed by atoms with Gasteiger partial charge in [-0.05, 0) is 32.2 Å². The lowest BCUT2D eigenvalue weighted by atomic mass is 9.96. The molecule has 2 unspecified atom stereocenters. The first-order chi connectivity index (χ1) is 7.20. The first-order valence-corrected chi connectivity index (χ1v) is 5.91. The SMILES string of the molecule is CCC(C(=N)N)N1CCCCC1CCO. The summed E-state index contributed by atoms with van der Waals surface area (Å²) in [6.45, 7) is 3.31. The van der Waals surface area contributed by atoms with Crippen molar-refractivity contribution in [1.29, 1.82) is 5.41 Å². The van der Waals surface area contributed by atoms with Crippen molar-refractivity contribution in [3.05, 3.63) is 0 Å². The maximum absolute atomic E-state index is 9.02. The normalized spacial score (nSPS) is 25.1. The van der Waals surface area contributed by atoms with Crippen LogP contribution >= 0.6 is 0 Å². The summed E-state index contributed by atoms with van der Waals surface area (Å²) < 4.78 is 0. The Kier molecular flexibility index (Phi) is 5.05. The van der Waals surface area contributed by atoms with Gasteiger partial charge in [-0.2, -0.15) is 0 Å². The van der Waals surface area contributed by atoms with Crippen LogP contribution in [0.5, 0.6) is 0 Å². The summed E-state index contributed by atoms with van der Waals surface area (Å²) in [6, 6.07) is 0.486. The standard InChI is InChI=1S/C11H23N3O/c1-2-10(11(12)13)14-7-4-3-5-9(14)6-8-15/h9-10,15H,2-8H2,1H3,(H3,12,13). The second-order valence-electron chi connectivity index (χ2n) is 4.28. The van der Waals surface area contributed by atoms with Crippen molar-refractivity contribution in [2.45, 2.75) is 51.1 Å². The van der Waals surface area contributed by atoms with E-state index in [4.69, 9.17) is 16.2 Å². The molecule has 1 aliphatic heterocycles. The molecule has 0 amide bonds. The maximum atomic E-state index is 9.02. The van der Waals surface area contributed by atoms with Crippen LogP contribution in [0.3, 0.4) is 0 Å². The van der Waals surface area contributed by atoms with Gasteiger partial charge >= 0.3 is 0 Å². The fourth-order valence-corrected chi connectivity index (χ4v) is 2.53. The predicted octanol–water partition coefficient (Wildman–Crippen LogP) is 0.938. The number of nitrogens with one attached hydrogen (secondary N) is 1. The summed E-state index contributed by atoms with van der Waals surface area (Å²) in [4.78, 5) is 2.31. The van der Waals surface area contributed by atoms with Gasteiger partial charge in [0.2, 0.25) is 0 Å². The highest BCUT2D eigenvalue weighted by molar-refractivity contribution is 5.82. The molecule has 0 aromatic rings. The Hall–Kier alpha value is -0.610. The zero-order chi connectivity index (χ0) is 11.3. The third-order valence-electron chi connectivity index (χ3n) is 3.28. The largest absolute Gasteiger partial charge is 0.396 e. The Morgan fingerprint density at radius 1 is 1.60 bits per heavy atom. The molecule has 88 valence electrons. The van der Waals surface area contributed by atoms with Crippen molar-refractivity contribution >= 4 is 5.84 Å². The zero-order valence-corrected chi connectivity index (χ0v) is 9.58. The summed E-state index contributed by atoms with van der Waals surface area (Å²) in [5.74, 6) is 0.266. The van der Waals surface area contributed by atoms with Crippen LogP contribution in [-0.4, -0.2) is 41.1 Å². The van der Waals surface area contributed by atoms with E-state index in [1.165, 1.54) is 12.8 Å². The van der Waals surface area contributed by atoms with Crippen LogP contribution in [0.15, 0.2) is 0 Å². The van der Waals surface area contributed by atoms with Gasteiger partial charge in [0.25, 0.3) is 0 Å². The van der Waals surface area contributed by atoms with E-state index in [9.17, 15) is 0 Å². The van der Waals surface area contributed by atoms with E-state index in [2.05, 4.69) is 11.8 Å². The van der Waals surface area contributed by atoms with Crippen molar-refractivity contribution in [1.82, 2.24) is 4.90 Å². The van der Waals surface area contributed by atoms with Crippen LogP contribution in [0.25, 0.3) is 0 Å². The molecule has 1 aliphatic rings. The lowest BCUT2D eigenvalue weighted by Gasteiger charge is -2.40. The summed E-state index contributed by atoms with van der Waals surface area (Å²) >= 11 is 0. The molecule has 0 saturated carbocycles. The van der Waals surface area contributed by atoms with Gasteiger partial charge in [-0.1, -0.05) is 13.3 Å². The van der Waals surface area contributed by atoms with Gasteiger partial charge in [-0.3, -0.25) is 10.3 Å². The maximum Gasteiger partial charge on any atom is 0.108 e. The lowest BCUT2D eigenvalue weighted by Crippen LogP contribution is -2.51. The van der Waals surface area contributed by atoms with Gasteiger partial charge in [0.05, 0.1) is 6.04 Å². The number of rotatable bonds is 5. The van der Waals surface area contributed by atoms with Crippen molar-refractivity contribution in [3.8, 4) is 0 Å². The Labute approximate surface area is 92.0 Å². The van der Waals surface area contributed by atoms with Gasteiger partial charge in [-0.15, -0.1) is 0 Å². The van der Waals surface area contributed by atoms with E-state index in [1.54, 1.807) is 0 Å². The van der Waals surface area contributed by atoms with Crippen LogP contribution in [0.4, 0.5) is 0 Å². The fourth-order valence-electron chi connectivity index (χ4n) is 2.53. The lowest BCUT2D eigenvalue weighted by molar-refractivity contribution is 0.0984. The number of hydrogen-bond donors (Lipinski definition) is 3. The first-order valence-electron chi connectivity index (χ1n) is 5.91. The van der Waals surface area contributed by atoms with E-state index in [0.29, 0.717) is 6.04 Å². The van der Waals surface area contributed by atoms with Crippen molar-refractivity contribution in [2.24, 2.45) is 5.73 Å². The number of hydrogen-bond acceptors (Lipinski definition) is 3. The Morgan fingerprint density at radius 3 is 2.87 bits per heavy atom. The molecule has 0 aromatic heterocycles. The van der Waals surface area contributed by atoms with Gasteiger partial charge in [0.15, 0.2) is 0 Å². The third kappa shape index (κ3) is 3.18. The van der Waals surface area contributed by atoms with E-state index in [-0.39, 0.29) is 18.5 Å². The number of nitrogens with zero attached hydrogens (tertiary/aromatic N) is 1.